The fraction of sp³-hybridized carbons (Fsp3) is 0.200. The fourth-order valence-electron chi connectivity index (χ4n) is 4.15. The first-order chi connectivity index (χ1) is 16.2. The molecule has 176 valence electrons. The van der Waals surface area contributed by atoms with Crippen LogP contribution in [0.4, 0.5) is 17.6 Å². The molecule has 3 aromatic rings. The summed E-state index contributed by atoms with van der Waals surface area (Å²) in [6.45, 7) is 0. The first-order valence-corrected chi connectivity index (χ1v) is 11.8. The average Bonchev–Trinajstić information content (AvgIpc) is 3.20. The Balaban J connectivity index is 1.88. The van der Waals surface area contributed by atoms with E-state index in [1.54, 1.807) is 24.3 Å². The lowest BCUT2D eigenvalue weighted by atomic mass is 9.75. The van der Waals surface area contributed by atoms with E-state index in [0.717, 1.165) is 17.7 Å². The van der Waals surface area contributed by atoms with Crippen LogP contribution in [0.1, 0.15) is 28.7 Å². The van der Waals surface area contributed by atoms with Crippen molar-refractivity contribution in [1.29, 1.82) is 0 Å². The highest BCUT2D eigenvalue weighted by molar-refractivity contribution is 7.71. The molecule has 1 aliphatic rings. The number of nitrogens with zero attached hydrogens (tertiary/aromatic N) is 2. The van der Waals surface area contributed by atoms with Gasteiger partial charge in [-0.1, -0.05) is 66.7 Å². The third-order valence-corrected chi connectivity index (χ3v) is 6.36. The molecule has 0 fully saturated rings. The quantitative estimate of drug-likeness (QED) is 0.318. The van der Waals surface area contributed by atoms with E-state index in [1.165, 1.54) is 12.1 Å². The first kappa shape index (κ1) is 23.8. The van der Waals surface area contributed by atoms with Crippen molar-refractivity contribution in [2.24, 2.45) is 10.2 Å². The number of hydrogen-bond acceptors (Lipinski definition) is 4. The van der Waals surface area contributed by atoms with Crippen molar-refractivity contribution in [3.05, 3.63) is 113 Å². The van der Waals surface area contributed by atoms with Crippen LogP contribution in [0.5, 0.6) is 0 Å². The second-order valence-corrected chi connectivity index (χ2v) is 8.94. The molecule has 34 heavy (non-hydrogen) atoms. The predicted molar refractivity (Wildman–Crippen MR) is 121 cm³/mol. The summed E-state index contributed by atoms with van der Waals surface area (Å²) in [6.07, 6.45) is -4.20. The van der Waals surface area contributed by atoms with Gasteiger partial charge in [0.1, 0.15) is 22.1 Å². The molecule has 4 rings (SSSR count). The Morgan fingerprint density at radius 1 is 0.824 bits per heavy atom. The summed E-state index contributed by atoms with van der Waals surface area (Å²) in [6, 6.07) is 20.4. The number of azo groups is 1. The molecule has 0 spiro atoms. The Morgan fingerprint density at radius 2 is 1.47 bits per heavy atom. The fourth-order valence-corrected chi connectivity index (χ4v) is 4.66. The van der Waals surface area contributed by atoms with Gasteiger partial charge in [0.25, 0.3) is 0 Å². The second-order valence-electron chi connectivity index (χ2n) is 7.96. The molecule has 3 aromatic carbocycles. The van der Waals surface area contributed by atoms with Crippen molar-refractivity contribution < 1.29 is 26.0 Å². The SMILES string of the molecule is O=[SH](=O)Cc1ccc(C2(CCc3ccccc3)N=NC(C(F)(F)F)=C2c2ccc(F)cc2)cc1. The molecule has 9 heteroatoms. The Hall–Kier alpha value is -3.33. The van der Waals surface area contributed by atoms with Crippen LogP contribution >= 0.6 is 0 Å². The van der Waals surface area contributed by atoms with Crippen LogP contribution in [0, 0.1) is 5.82 Å². The van der Waals surface area contributed by atoms with Crippen LogP contribution in [0.3, 0.4) is 0 Å². The van der Waals surface area contributed by atoms with Gasteiger partial charge >= 0.3 is 6.18 Å². The van der Waals surface area contributed by atoms with Gasteiger partial charge in [-0.25, -0.2) is 12.8 Å². The van der Waals surface area contributed by atoms with Crippen LogP contribution in [-0.2, 0) is 28.4 Å². The second kappa shape index (κ2) is 9.50. The molecule has 1 atom stereocenters. The molecule has 0 N–H and O–H groups in total. The van der Waals surface area contributed by atoms with E-state index < -0.39 is 33.9 Å². The molecule has 0 saturated carbocycles. The summed E-state index contributed by atoms with van der Waals surface area (Å²) < 4.78 is 77.9. The van der Waals surface area contributed by atoms with Crippen LogP contribution in [-0.4, -0.2) is 14.6 Å². The minimum Gasteiger partial charge on any atom is -0.232 e. The minimum absolute atomic E-state index is 0.154. The molecule has 0 amide bonds. The minimum atomic E-state index is -4.78. The van der Waals surface area contributed by atoms with Gasteiger partial charge in [0.15, 0.2) is 5.70 Å². The predicted octanol–water partition coefficient (Wildman–Crippen LogP) is 6.20. The third kappa shape index (κ3) is 4.94. The number of allylic oxidation sites excluding steroid dienone is 1. The first-order valence-electron chi connectivity index (χ1n) is 10.4. The maximum absolute atomic E-state index is 14.1. The Kier molecular flexibility index (Phi) is 6.65. The molecular weight excluding hydrogens is 468 g/mol. The van der Waals surface area contributed by atoms with Gasteiger partial charge in [0.2, 0.25) is 0 Å². The van der Waals surface area contributed by atoms with Gasteiger partial charge < -0.3 is 0 Å². The van der Waals surface area contributed by atoms with Crippen molar-refractivity contribution in [3.8, 4) is 0 Å². The molecule has 1 aliphatic heterocycles. The summed E-state index contributed by atoms with van der Waals surface area (Å²) in [5.41, 5.74) is -0.740. The van der Waals surface area contributed by atoms with Crippen LogP contribution in [0.15, 0.2) is 94.8 Å². The lowest BCUT2D eigenvalue weighted by Gasteiger charge is -2.30. The van der Waals surface area contributed by atoms with E-state index in [4.69, 9.17) is 0 Å². The van der Waals surface area contributed by atoms with Gasteiger partial charge in [-0.3, -0.25) is 0 Å². The number of hydrogen-bond donors (Lipinski definition) is 1. The summed E-state index contributed by atoms with van der Waals surface area (Å²) in [5.74, 6) is -0.751. The standard InChI is InChI=1S/C25H20F4N2O2S/c26-21-12-8-19(9-13-21)22-23(25(27,28)29)30-31-24(22,15-14-17-4-2-1-3-5-17)20-10-6-18(7-11-20)16-34(32)33/h1-13,34H,14-16H2. The van der Waals surface area contributed by atoms with Crippen molar-refractivity contribution in [3.63, 3.8) is 0 Å². The lowest BCUT2D eigenvalue weighted by molar-refractivity contribution is -0.0919. The van der Waals surface area contributed by atoms with Crippen LogP contribution in [0.25, 0.3) is 5.57 Å². The number of halogens is 4. The van der Waals surface area contributed by atoms with E-state index in [-0.39, 0.29) is 23.3 Å². The Bertz CT molecular complexity index is 1290. The highest BCUT2D eigenvalue weighted by Gasteiger charge is 2.50. The van der Waals surface area contributed by atoms with Crippen molar-refractivity contribution in [2.45, 2.75) is 30.3 Å². The van der Waals surface area contributed by atoms with E-state index >= 15 is 0 Å². The molecular formula is C25H20F4N2O2S. The number of rotatable bonds is 7. The molecule has 0 radical (unpaired) electrons. The summed E-state index contributed by atoms with van der Waals surface area (Å²) >= 11 is 0. The number of alkyl halides is 3. The van der Waals surface area contributed by atoms with E-state index in [9.17, 15) is 26.0 Å². The summed E-state index contributed by atoms with van der Waals surface area (Å²) in [5, 5.41) is 7.78. The Morgan fingerprint density at radius 3 is 2.06 bits per heavy atom. The molecule has 0 aliphatic carbocycles. The topological polar surface area (TPSA) is 58.9 Å². The largest absolute Gasteiger partial charge is 0.435 e. The average molecular weight is 489 g/mol. The third-order valence-electron chi connectivity index (χ3n) is 5.73. The summed E-state index contributed by atoms with van der Waals surface area (Å²) in [7, 11) is -2.65. The van der Waals surface area contributed by atoms with Crippen molar-refractivity contribution >= 4 is 16.3 Å². The molecule has 1 heterocycles. The zero-order valence-electron chi connectivity index (χ0n) is 17.8. The van der Waals surface area contributed by atoms with Gasteiger partial charge in [-0.2, -0.15) is 18.3 Å². The van der Waals surface area contributed by atoms with Crippen molar-refractivity contribution in [2.75, 3.05) is 0 Å². The van der Waals surface area contributed by atoms with E-state index in [1.807, 2.05) is 30.3 Å². The van der Waals surface area contributed by atoms with Crippen LogP contribution in [0.2, 0.25) is 0 Å². The maximum atomic E-state index is 14.1. The molecule has 4 nitrogen and oxygen atoms in total. The number of thiol groups is 1. The smallest absolute Gasteiger partial charge is 0.232 e. The number of aryl methyl sites for hydroxylation is 1. The number of benzene rings is 3. The molecule has 0 bridgehead atoms. The van der Waals surface area contributed by atoms with Gasteiger partial charge in [0, 0.05) is 5.57 Å². The monoisotopic (exact) mass is 488 g/mol. The van der Waals surface area contributed by atoms with Crippen LogP contribution < -0.4 is 0 Å². The van der Waals surface area contributed by atoms with Gasteiger partial charge in [-0.05, 0) is 47.2 Å². The van der Waals surface area contributed by atoms with Gasteiger partial charge in [0.05, 0.1) is 5.75 Å². The zero-order chi connectivity index (χ0) is 24.3. The van der Waals surface area contributed by atoms with E-state index in [0.29, 0.717) is 17.5 Å². The maximum Gasteiger partial charge on any atom is 0.435 e. The van der Waals surface area contributed by atoms with Crippen molar-refractivity contribution in [1.82, 2.24) is 0 Å². The highest BCUT2D eigenvalue weighted by atomic mass is 32.2. The van der Waals surface area contributed by atoms with Gasteiger partial charge in [-0.15, -0.1) is 5.11 Å². The zero-order valence-corrected chi connectivity index (χ0v) is 18.7. The normalized spacial score (nSPS) is 18.1. The molecule has 1 unspecified atom stereocenters. The summed E-state index contributed by atoms with van der Waals surface area (Å²) in [4.78, 5) is 0. The highest BCUT2D eigenvalue weighted by Crippen LogP contribution is 2.53. The Labute approximate surface area is 195 Å². The molecule has 0 saturated heterocycles. The molecule has 0 aromatic heterocycles. The lowest BCUT2D eigenvalue weighted by Crippen LogP contribution is -2.26. The van der Waals surface area contributed by atoms with E-state index in [2.05, 4.69) is 10.2 Å².